The van der Waals surface area contributed by atoms with Crippen LogP contribution in [0.1, 0.15) is 112 Å². The summed E-state index contributed by atoms with van der Waals surface area (Å²) in [4.78, 5) is 21.0. The average molecular weight is 411 g/mol. The van der Waals surface area contributed by atoms with Crippen LogP contribution < -0.4 is 0 Å². The van der Waals surface area contributed by atoms with Crippen LogP contribution in [0.3, 0.4) is 0 Å². The number of carbonyl (C=O) groups excluding carboxylic acids is 1. The van der Waals surface area contributed by atoms with Crippen molar-refractivity contribution in [3.8, 4) is 0 Å². The Labute approximate surface area is 182 Å². The van der Waals surface area contributed by atoms with Crippen molar-refractivity contribution in [2.24, 2.45) is 0 Å². The molecule has 4 nitrogen and oxygen atoms in total. The molecule has 1 atom stereocenters. The molecule has 0 aliphatic heterocycles. The van der Waals surface area contributed by atoms with Gasteiger partial charge < -0.3 is 4.74 Å². The molecule has 0 amide bonds. The molecule has 0 bridgehead atoms. The molecular weight excluding hydrogens is 372 g/mol. The van der Waals surface area contributed by atoms with Gasteiger partial charge in [-0.25, -0.2) is 14.8 Å². The average Bonchev–Trinajstić information content (AvgIpc) is 2.78. The minimum Gasteiger partial charge on any atom is -0.452 e. The maximum Gasteiger partial charge on any atom is 0.376 e. The summed E-state index contributed by atoms with van der Waals surface area (Å²) < 4.78 is 5.71. The SMILES string of the molecule is CCCCCCCc1cnc(C(=O)OC(CC)c2ccc(CCCCC)cc2)nc1. The molecule has 0 saturated heterocycles. The lowest BCUT2D eigenvalue weighted by molar-refractivity contribution is 0.0273. The number of esters is 1. The van der Waals surface area contributed by atoms with Crippen LogP contribution in [0.25, 0.3) is 0 Å². The van der Waals surface area contributed by atoms with Gasteiger partial charge in [0.05, 0.1) is 0 Å². The summed E-state index contributed by atoms with van der Waals surface area (Å²) in [6, 6.07) is 8.44. The quantitative estimate of drug-likeness (QED) is 0.248. The van der Waals surface area contributed by atoms with E-state index in [0.29, 0.717) is 0 Å². The van der Waals surface area contributed by atoms with Gasteiger partial charge in [0.25, 0.3) is 0 Å². The molecule has 1 unspecified atom stereocenters. The highest BCUT2D eigenvalue weighted by atomic mass is 16.5. The molecule has 1 aromatic heterocycles. The normalized spacial score (nSPS) is 12.0. The van der Waals surface area contributed by atoms with E-state index in [2.05, 4.69) is 48.1 Å². The lowest BCUT2D eigenvalue weighted by Crippen LogP contribution is -2.14. The number of aryl methyl sites for hydroxylation is 2. The molecule has 0 spiro atoms. The summed E-state index contributed by atoms with van der Waals surface area (Å²) in [6.07, 6.45) is 15.9. The Morgan fingerprint density at radius 1 is 0.800 bits per heavy atom. The molecule has 0 fully saturated rings. The Morgan fingerprint density at radius 2 is 1.37 bits per heavy atom. The van der Waals surface area contributed by atoms with Crippen molar-refractivity contribution < 1.29 is 9.53 Å². The summed E-state index contributed by atoms with van der Waals surface area (Å²) in [5.41, 5.74) is 3.43. The van der Waals surface area contributed by atoms with Crippen molar-refractivity contribution in [2.45, 2.75) is 97.5 Å². The zero-order valence-electron chi connectivity index (χ0n) is 19.0. The number of nitrogens with zero attached hydrogens (tertiary/aromatic N) is 2. The fourth-order valence-corrected chi connectivity index (χ4v) is 3.57. The Bertz CT molecular complexity index is 726. The predicted molar refractivity (Wildman–Crippen MR) is 123 cm³/mol. The summed E-state index contributed by atoms with van der Waals surface area (Å²) in [7, 11) is 0. The largest absolute Gasteiger partial charge is 0.452 e. The molecule has 1 heterocycles. The van der Waals surface area contributed by atoms with E-state index in [0.717, 1.165) is 36.8 Å². The Kier molecular flexibility index (Phi) is 11.1. The van der Waals surface area contributed by atoms with Gasteiger partial charge in [-0.3, -0.25) is 0 Å². The van der Waals surface area contributed by atoms with E-state index in [1.807, 2.05) is 6.92 Å². The van der Waals surface area contributed by atoms with Gasteiger partial charge in [-0.1, -0.05) is 83.6 Å². The maximum atomic E-state index is 12.5. The molecule has 0 aliphatic carbocycles. The van der Waals surface area contributed by atoms with E-state index in [9.17, 15) is 4.79 Å². The Morgan fingerprint density at radius 3 is 2.00 bits per heavy atom. The van der Waals surface area contributed by atoms with E-state index in [-0.39, 0.29) is 11.9 Å². The highest BCUT2D eigenvalue weighted by Gasteiger charge is 2.18. The number of benzene rings is 1. The third-order valence-electron chi connectivity index (χ3n) is 5.50. The van der Waals surface area contributed by atoms with Crippen LogP contribution in [-0.2, 0) is 17.6 Å². The van der Waals surface area contributed by atoms with Gasteiger partial charge in [0.15, 0.2) is 0 Å². The van der Waals surface area contributed by atoms with Crippen LogP contribution in [0.2, 0.25) is 0 Å². The first kappa shape index (κ1) is 24.0. The van der Waals surface area contributed by atoms with Gasteiger partial charge in [-0.05, 0) is 48.8 Å². The summed E-state index contributed by atoms with van der Waals surface area (Å²) in [6.45, 7) is 6.46. The van der Waals surface area contributed by atoms with Crippen LogP contribution in [0.5, 0.6) is 0 Å². The van der Waals surface area contributed by atoms with Crippen LogP contribution in [-0.4, -0.2) is 15.9 Å². The molecule has 0 N–H and O–H groups in total. The molecule has 2 rings (SSSR count). The van der Waals surface area contributed by atoms with Crippen molar-refractivity contribution in [3.63, 3.8) is 0 Å². The number of ether oxygens (including phenoxy) is 1. The van der Waals surface area contributed by atoms with E-state index in [4.69, 9.17) is 4.74 Å². The van der Waals surface area contributed by atoms with Crippen LogP contribution in [0.15, 0.2) is 36.7 Å². The highest BCUT2D eigenvalue weighted by molar-refractivity contribution is 5.85. The second kappa shape index (κ2) is 13.9. The minimum absolute atomic E-state index is 0.138. The van der Waals surface area contributed by atoms with Crippen molar-refractivity contribution in [3.05, 3.63) is 59.2 Å². The number of carbonyl (C=O) groups is 1. The smallest absolute Gasteiger partial charge is 0.376 e. The van der Waals surface area contributed by atoms with Crippen LogP contribution in [0, 0.1) is 0 Å². The van der Waals surface area contributed by atoms with Crippen molar-refractivity contribution in [1.82, 2.24) is 9.97 Å². The molecule has 30 heavy (non-hydrogen) atoms. The minimum atomic E-state index is -0.455. The van der Waals surface area contributed by atoms with Gasteiger partial charge in [-0.15, -0.1) is 0 Å². The molecule has 164 valence electrons. The topological polar surface area (TPSA) is 52.1 Å². The fourth-order valence-electron chi connectivity index (χ4n) is 3.57. The van der Waals surface area contributed by atoms with Gasteiger partial charge in [0, 0.05) is 12.4 Å². The second-order valence-electron chi connectivity index (χ2n) is 8.08. The van der Waals surface area contributed by atoms with Gasteiger partial charge in [-0.2, -0.15) is 0 Å². The van der Waals surface area contributed by atoms with Gasteiger partial charge in [0.1, 0.15) is 6.10 Å². The lowest BCUT2D eigenvalue weighted by Gasteiger charge is -2.16. The number of aromatic nitrogens is 2. The van der Waals surface area contributed by atoms with E-state index < -0.39 is 5.97 Å². The highest BCUT2D eigenvalue weighted by Crippen LogP contribution is 2.23. The first-order chi connectivity index (χ1) is 14.7. The third-order valence-corrected chi connectivity index (χ3v) is 5.50. The number of hydrogen-bond donors (Lipinski definition) is 0. The zero-order valence-corrected chi connectivity index (χ0v) is 19.0. The first-order valence-corrected chi connectivity index (χ1v) is 11.8. The predicted octanol–water partition coefficient (Wildman–Crippen LogP) is 7.03. The summed E-state index contributed by atoms with van der Waals surface area (Å²) in [5, 5.41) is 0. The summed E-state index contributed by atoms with van der Waals surface area (Å²) >= 11 is 0. The first-order valence-electron chi connectivity index (χ1n) is 11.8. The van der Waals surface area contributed by atoms with Crippen molar-refractivity contribution >= 4 is 5.97 Å². The monoisotopic (exact) mass is 410 g/mol. The van der Waals surface area contributed by atoms with E-state index in [1.165, 1.54) is 50.5 Å². The standard InChI is InChI=1S/C26H38N2O2/c1-4-7-9-10-12-14-22-19-27-25(28-20-22)26(29)30-24(6-3)23-17-15-21(16-18-23)13-11-8-5-2/h15-20,24H,4-14H2,1-3H3. The Balaban J connectivity index is 1.86. The van der Waals surface area contributed by atoms with Gasteiger partial charge in [0.2, 0.25) is 5.82 Å². The van der Waals surface area contributed by atoms with E-state index in [1.54, 1.807) is 12.4 Å². The lowest BCUT2D eigenvalue weighted by atomic mass is 10.0. The zero-order chi connectivity index (χ0) is 21.6. The van der Waals surface area contributed by atoms with E-state index >= 15 is 0 Å². The Hall–Kier alpha value is -2.23. The molecular formula is C26H38N2O2. The number of hydrogen-bond acceptors (Lipinski definition) is 4. The molecule has 4 heteroatoms. The second-order valence-corrected chi connectivity index (χ2v) is 8.08. The molecule has 0 aliphatic rings. The maximum absolute atomic E-state index is 12.5. The van der Waals surface area contributed by atoms with Crippen molar-refractivity contribution in [2.75, 3.05) is 0 Å². The van der Waals surface area contributed by atoms with Crippen molar-refractivity contribution in [1.29, 1.82) is 0 Å². The van der Waals surface area contributed by atoms with Crippen LogP contribution in [0.4, 0.5) is 0 Å². The van der Waals surface area contributed by atoms with Crippen LogP contribution >= 0.6 is 0 Å². The molecule has 0 radical (unpaired) electrons. The molecule has 2 aromatic rings. The number of unbranched alkanes of at least 4 members (excludes halogenated alkanes) is 6. The number of rotatable bonds is 14. The third kappa shape index (κ3) is 8.25. The fraction of sp³-hybridized carbons (Fsp3) is 0.577. The molecule has 0 saturated carbocycles. The summed E-state index contributed by atoms with van der Waals surface area (Å²) in [5.74, 6) is -0.317. The molecule has 1 aromatic carbocycles. The van der Waals surface area contributed by atoms with Gasteiger partial charge >= 0.3 is 5.97 Å².